The van der Waals surface area contributed by atoms with Crippen molar-refractivity contribution in [2.75, 3.05) is 5.73 Å². The number of hydrogen-bond acceptors (Lipinski definition) is 4. The summed E-state index contributed by atoms with van der Waals surface area (Å²) < 4.78 is 40.3. The third-order valence-corrected chi connectivity index (χ3v) is 4.90. The molecule has 1 fully saturated rings. The average Bonchev–Trinajstić information content (AvgIpc) is 2.31. The third kappa shape index (κ3) is 3.23. The van der Waals surface area contributed by atoms with Gasteiger partial charge in [-0.2, -0.15) is 0 Å². The van der Waals surface area contributed by atoms with E-state index in [0.717, 1.165) is 6.07 Å². The number of sulfonamides is 1. The molecule has 0 spiro atoms. The topological polar surface area (TPSA) is 92.4 Å². The SMILES string of the molecule is Nc1cccc(F)c1S(=O)(=O)NC1CCC(O)CC1. The quantitative estimate of drug-likeness (QED) is 0.723. The highest BCUT2D eigenvalue weighted by Crippen LogP contribution is 2.24. The van der Waals surface area contributed by atoms with Crippen LogP contribution in [-0.4, -0.2) is 25.7 Å². The first-order valence-electron chi connectivity index (χ1n) is 6.14. The highest BCUT2D eigenvalue weighted by atomic mass is 32.2. The van der Waals surface area contributed by atoms with Crippen molar-refractivity contribution < 1.29 is 17.9 Å². The number of rotatable bonds is 3. The molecule has 2 rings (SSSR count). The van der Waals surface area contributed by atoms with Gasteiger partial charge in [-0.25, -0.2) is 17.5 Å². The van der Waals surface area contributed by atoms with E-state index in [0.29, 0.717) is 25.7 Å². The molecule has 0 amide bonds. The molecule has 1 aromatic carbocycles. The molecule has 5 nitrogen and oxygen atoms in total. The number of aliphatic hydroxyl groups excluding tert-OH is 1. The van der Waals surface area contributed by atoms with E-state index >= 15 is 0 Å². The van der Waals surface area contributed by atoms with Crippen molar-refractivity contribution in [3.63, 3.8) is 0 Å². The smallest absolute Gasteiger partial charge is 0.245 e. The van der Waals surface area contributed by atoms with Crippen LogP contribution >= 0.6 is 0 Å². The number of anilines is 1. The Morgan fingerprint density at radius 3 is 2.47 bits per heavy atom. The molecule has 0 atom stereocenters. The molecule has 4 N–H and O–H groups in total. The van der Waals surface area contributed by atoms with Crippen molar-refractivity contribution in [3.05, 3.63) is 24.0 Å². The van der Waals surface area contributed by atoms with Crippen LogP contribution in [0.5, 0.6) is 0 Å². The van der Waals surface area contributed by atoms with Gasteiger partial charge in [0, 0.05) is 6.04 Å². The summed E-state index contributed by atoms with van der Waals surface area (Å²) in [6.45, 7) is 0. The van der Waals surface area contributed by atoms with E-state index in [4.69, 9.17) is 5.73 Å². The maximum atomic E-state index is 13.6. The second kappa shape index (κ2) is 5.44. The highest BCUT2D eigenvalue weighted by molar-refractivity contribution is 7.89. The molecule has 0 saturated heterocycles. The monoisotopic (exact) mass is 288 g/mol. The van der Waals surface area contributed by atoms with Crippen LogP contribution in [0.1, 0.15) is 25.7 Å². The van der Waals surface area contributed by atoms with Crippen molar-refractivity contribution in [1.82, 2.24) is 4.72 Å². The number of nitrogen functional groups attached to an aromatic ring is 1. The van der Waals surface area contributed by atoms with Crippen LogP contribution in [0, 0.1) is 5.82 Å². The predicted octanol–water partition coefficient (Wildman–Crippen LogP) is 0.990. The Morgan fingerprint density at radius 2 is 1.89 bits per heavy atom. The molecule has 1 aromatic rings. The first-order chi connectivity index (χ1) is 8.90. The summed E-state index contributed by atoms with van der Waals surface area (Å²) in [6, 6.07) is 3.49. The first-order valence-corrected chi connectivity index (χ1v) is 7.63. The molecular weight excluding hydrogens is 271 g/mol. The molecule has 106 valence electrons. The first kappa shape index (κ1) is 14.2. The highest BCUT2D eigenvalue weighted by Gasteiger charge is 2.28. The summed E-state index contributed by atoms with van der Waals surface area (Å²) >= 11 is 0. The second-order valence-electron chi connectivity index (χ2n) is 4.78. The zero-order chi connectivity index (χ0) is 14.0. The average molecular weight is 288 g/mol. The van der Waals surface area contributed by atoms with Gasteiger partial charge in [0.25, 0.3) is 0 Å². The van der Waals surface area contributed by atoms with Crippen LogP contribution in [0.4, 0.5) is 10.1 Å². The summed E-state index contributed by atoms with van der Waals surface area (Å²) in [5.74, 6) is -0.858. The lowest BCUT2D eigenvalue weighted by atomic mass is 9.94. The molecule has 1 saturated carbocycles. The van der Waals surface area contributed by atoms with Gasteiger partial charge in [0.05, 0.1) is 11.8 Å². The number of hydrogen-bond donors (Lipinski definition) is 3. The summed E-state index contributed by atoms with van der Waals surface area (Å²) in [5, 5.41) is 9.37. The van der Waals surface area contributed by atoms with Gasteiger partial charge >= 0.3 is 0 Å². The van der Waals surface area contributed by atoms with Crippen molar-refractivity contribution in [2.45, 2.75) is 42.7 Å². The Labute approximate surface area is 111 Å². The molecule has 0 aliphatic heterocycles. The van der Waals surface area contributed by atoms with Gasteiger partial charge in [-0.1, -0.05) is 6.07 Å². The fraction of sp³-hybridized carbons (Fsp3) is 0.500. The Bertz CT molecular complexity index is 534. The van der Waals surface area contributed by atoms with Gasteiger partial charge in [-0.3, -0.25) is 0 Å². The third-order valence-electron chi connectivity index (χ3n) is 3.28. The summed E-state index contributed by atoms with van der Waals surface area (Å²) in [7, 11) is -3.97. The summed E-state index contributed by atoms with van der Waals surface area (Å²) in [5.41, 5.74) is 5.43. The van der Waals surface area contributed by atoms with Gasteiger partial charge < -0.3 is 10.8 Å². The molecule has 1 aliphatic carbocycles. The maximum absolute atomic E-state index is 13.6. The normalized spacial score (nSPS) is 24.3. The Kier molecular flexibility index (Phi) is 4.07. The minimum absolute atomic E-state index is 0.108. The van der Waals surface area contributed by atoms with E-state index in [1.165, 1.54) is 12.1 Å². The van der Waals surface area contributed by atoms with E-state index in [9.17, 15) is 17.9 Å². The molecule has 0 bridgehead atoms. The lowest BCUT2D eigenvalue weighted by Crippen LogP contribution is -2.39. The molecule has 0 unspecified atom stereocenters. The fourth-order valence-corrected chi connectivity index (χ4v) is 3.78. The van der Waals surface area contributed by atoms with Crippen LogP contribution in [0.15, 0.2) is 23.1 Å². The maximum Gasteiger partial charge on any atom is 0.245 e. The zero-order valence-corrected chi connectivity index (χ0v) is 11.2. The minimum Gasteiger partial charge on any atom is -0.398 e. The molecule has 0 aromatic heterocycles. The van der Waals surface area contributed by atoms with Crippen LogP contribution in [0.25, 0.3) is 0 Å². The molecule has 1 aliphatic rings. The van der Waals surface area contributed by atoms with Crippen molar-refractivity contribution >= 4 is 15.7 Å². The number of halogens is 1. The van der Waals surface area contributed by atoms with E-state index in [2.05, 4.69) is 4.72 Å². The lowest BCUT2D eigenvalue weighted by molar-refractivity contribution is 0.120. The van der Waals surface area contributed by atoms with Gasteiger partial charge in [-0.15, -0.1) is 0 Å². The second-order valence-corrected chi connectivity index (χ2v) is 6.44. The number of benzene rings is 1. The lowest BCUT2D eigenvalue weighted by Gasteiger charge is -2.26. The van der Waals surface area contributed by atoms with Gasteiger partial charge in [0.1, 0.15) is 10.7 Å². The Balaban J connectivity index is 2.19. The van der Waals surface area contributed by atoms with Gasteiger partial charge in [0.2, 0.25) is 10.0 Å². The van der Waals surface area contributed by atoms with E-state index in [1.54, 1.807) is 0 Å². The number of aliphatic hydroxyl groups is 1. The largest absolute Gasteiger partial charge is 0.398 e. The van der Waals surface area contributed by atoms with Crippen LogP contribution in [0.3, 0.4) is 0 Å². The van der Waals surface area contributed by atoms with Gasteiger partial charge in [0.15, 0.2) is 0 Å². The molecule has 0 radical (unpaired) electrons. The van der Waals surface area contributed by atoms with Crippen LogP contribution in [0.2, 0.25) is 0 Å². The van der Waals surface area contributed by atoms with Crippen molar-refractivity contribution in [2.24, 2.45) is 0 Å². The zero-order valence-electron chi connectivity index (χ0n) is 10.3. The Morgan fingerprint density at radius 1 is 1.26 bits per heavy atom. The summed E-state index contributed by atoms with van der Waals surface area (Å²) in [6.07, 6.45) is 1.78. The number of nitrogens with two attached hydrogens (primary N) is 1. The Hall–Kier alpha value is -1.18. The van der Waals surface area contributed by atoms with Gasteiger partial charge in [-0.05, 0) is 37.8 Å². The van der Waals surface area contributed by atoms with Crippen LogP contribution < -0.4 is 10.5 Å². The van der Waals surface area contributed by atoms with Crippen molar-refractivity contribution in [3.8, 4) is 0 Å². The molecule has 7 heteroatoms. The molecular formula is C12H17FN2O3S. The fourth-order valence-electron chi connectivity index (χ4n) is 2.28. The molecule has 0 heterocycles. The number of nitrogens with one attached hydrogen (secondary N) is 1. The van der Waals surface area contributed by atoms with E-state index < -0.39 is 20.7 Å². The minimum atomic E-state index is -3.97. The van der Waals surface area contributed by atoms with Crippen molar-refractivity contribution in [1.29, 1.82) is 0 Å². The standard InChI is InChI=1S/C12H17FN2O3S/c13-10-2-1-3-11(14)12(10)19(17,18)15-8-4-6-9(16)7-5-8/h1-3,8-9,15-16H,4-7,14H2. The predicted molar refractivity (Wildman–Crippen MR) is 69.4 cm³/mol. The molecule has 19 heavy (non-hydrogen) atoms. The van der Waals surface area contributed by atoms with E-state index in [1.807, 2.05) is 0 Å². The summed E-state index contributed by atoms with van der Waals surface area (Å²) in [4.78, 5) is -0.499. The van der Waals surface area contributed by atoms with E-state index in [-0.39, 0.29) is 17.8 Å². The van der Waals surface area contributed by atoms with Crippen LogP contribution in [-0.2, 0) is 10.0 Å².